The Labute approximate surface area is 87.1 Å². The highest BCUT2D eigenvalue weighted by Crippen LogP contribution is 2.28. The lowest BCUT2D eigenvalue weighted by atomic mass is 9.84. The summed E-state index contributed by atoms with van der Waals surface area (Å²) in [5.41, 5.74) is -0.607. The third-order valence-corrected chi connectivity index (χ3v) is 2.47. The molecule has 86 valence electrons. The molecule has 0 rings (SSSR count). The normalized spacial score (nSPS) is 17.1. The van der Waals surface area contributed by atoms with Crippen LogP contribution in [0.4, 0.5) is 0 Å². The SMILES string of the molecule is CCC(O)C(C)(C)C(O)OCC(C)C. The Morgan fingerprint density at radius 3 is 2.07 bits per heavy atom. The number of rotatable bonds is 6. The lowest BCUT2D eigenvalue weighted by Crippen LogP contribution is -2.42. The molecule has 0 amide bonds. The molecular formula is C11H24O3. The summed E-state index contributed by atoms with van der Waals surface area (Å²) in [6, 6.07) is 0. The first kappa shape index (κ1) is 13.9. The summed E-state index contributed by atoms with van der Waals surface area (Å²) in [5.74, 6) is 0.388. The van der Waals surface area contributed by atoms with E-state index < -0.39 is 17.8 Å². The van der Waals surface area contributed by atoms with Crippen LogP contribution in [0.2, 0.25) is 0 Å². The monoisotopic (exact) mass is 204 g/mol. The summed E-state index contributed by atoms with van der Waals surface area (Å²) in [7, 11) is 0. The van der Waals surface area contributed by atoms with E-state index in [1.165, 1.54) is 0 Å². The molecule has 0 aliphatic rings. The molecule has 3 nitrogen and oxygen atoms in total. The van der Waals surface area contributed by atoms with Crippen molar-refractivity contribution in [1.82, 2.24) is 0 Å². The van der Waals surface area contributed by atoms with Crippen molar-refractivity contribution < 1.29 is 14.9 Å². The van der Waals surface area contributed by atoms with Gasteiger partial charge in [-0.1, -0.05) is 34.6 Å². The first-order chi connectivity index (χ1) is 6.32. The van der Waals surface area contributed by atoms with Crippen LogP contribution in [0, 0.1) is 11.3 Å². The molecule has 0 aliphatic heterocycles. The summed E-state index contributed by atoms with van der Waals surface area (Å²) < 4.78 is 5.29. The largest absolute Gasteiger partial charge is 0.392 e. The molecule has 0 radical (unpaired) electrons. The van der Waals surface area contributed by atoms with Crippen molar-refractivity contribution in [3.8, 4) is 0 Å². The van der Waals surface area contributed by atoms with E-state index in [2.05, 4.69) is 0 Å². The number of aliphatic hydroxyl groups is 2. The maximum absolute atomic E-state index is 9.75. The van der Waals surface area contributed by atoms with Gasteiger partial charge in [-0.05, 0) is 12.3 Å². The quantitative estimate of drug-likeness (QED) is 0.648. The Morgan fingerprint density at radius 1 is 1.21 bits per heavy atom. The molecule has 0 spiro atoms. The predicted molar refractivity (Wildman–Crippen MR) is 56.9 cm³/mol. The molecule has 14 heavy (non-hydrogen) atoms. The molecule has 2 atom stereocenters. The molecule has 0 aromatic carbocycles. The van der Waals surface area contributed by atoms with E-state index in [9.17, 15) is 10.2 Å². The maximum Gasteiger partial charge on any atom is 0.162 e. The van der Waals surface area contributed by atoms with Gasteiger partial charge in [0.05, 0.1) is 12.7 Å². The highest BCUT2D eigenvalue weighted by molar-refractivity contribution is 4.79. The smallest absolute Gasteiger partial charge is 0.162 e. The van der Waals surface area contributed by atoms with E-state index in [1.807, 2.05) is 34.6 Å². The van der Waals surface area contributed by atoms with Gasteiger partial charge >= 0.3 is 0 Å². The second-order valence-corrected chi connectivity index (χ2v) is 4.82. The lowest BCUT2D eigenvalue weighted by Gasteiger charge is -2.34. The molecule has 0 saturated carbocycles. The van der Waals surface area contributed by atoms with Crippen LogP contribution in [0.15, 0.2) is 0 Å². The molecule has 3 heteroatoms. The molecule has 0 aromatic rings. The van der Waals surface area contributed by atoms with Crippen LogP contribution in [-0.2, 0) is 4.74 Å². The Morgan fingerprint density at radius 2 is 1.71 bits per heavy atom. The van der Waals surface area contributed by atoms with Crippen LogP contribution in [0.5, 0.6) is 0 Å². The second kappa shape index (κ2) is 5.69. The fourth-order valence-corrected chi connectivity index (χ4v) is 1.19. The average molecular weight is 204 g/mol. The molecule has 0 heterocycles. The van der Waals surface area contributed by atoms with Gasteiger partial charge in [0.15, 0.2) is 6.29 Å². The van der Waals surface area contributed by atoms with Gasteiger partial charge in [0.25, 0.3) is 0 Å². The maximum atomic E-state index is 9.75. The summed E-state index contributed by atoms with van der Waals surface area (Å²) >= 11 is 0. The number of aliphatic hydroxyl groups excluding tert-OH is 2. The Hall–Kier alpha value is -0.120. The van der Waals surface area contributed by atoms with E-state index in [1.54, 1.807) is 0 Å². The predicted octanol–water partition coefficient (Wildman–Crippen LogP) is 1.77. The fraction of sp³-hybridized carbons (Fsp3) is 1.00. The molecule has 0 aliphatic carbocycles. The lowest BCUT2D eigenvalue weighted by molar-refractivity contribution is -0.199. The van der Waals surface area contributed by atoms with Crippen molar-refractivity contribution in [1.29, 1.82) is 0 Å². The van der Waals surface area contributed by atoms with Gasteiger partial charge in [-0.3, -0.25) is 0 Å². The Balaban J connectivity index is 4.13. The topological polar surface area (TPSA) is 49.7 Å². The summed E-state index contributed by atoms with van der Waals surface area (Å²) in [6.45, 7) is 10.1. The third-order valence-electron chi connectivity index (χ3n) is 2.47. The van der Waals surface area contributed by atoms with E-state index in [0.29, 0.717) is 18.9 Å². The van der Waals surface area contributed by atoms with E-state index in [0.717, 1.165) is 0 Å². The minimum atomic E-state index is -0.903. The third kappa shape index (κ3) is 3.95. The van der Waals surface area contributed by atoms with Crippen molar-refractivity contribution in [3.05, 3.63) is 0 Å². The van der Waals surface area contributed by atoms with Crippen molar-refractivity contribution in [2.24, 2.45) is 11.3 Å². The number of ether oxygens (including phenoxy) is 1. The van der Waals surface area contributed by atoms with Crippen molar-refractivity contribution in [2.75, 3.05) is 6.61 Å². The van der Waals surface area contributed by atoms with E-state index >= 15 is 0 Å². The minimum absolute atomic E-state index is 0.388. The van der Waals surface area contributed by atoms with Crippen LogP contribution in [0.25, 0.3) is 0 Å². The van der Waals surface area contributed by atoms with Crippen LogP contribution in [-0.4, -0.2) is 29.2 Å². The van der Waals surface area contributed by atoms with Crippen molar-refractivity contribution >= 4 is 0 Å². The van der Waals surface area contributed by atoms with Crippen molar-refractivity contribution in [3.63, 3.8) is 0 Å². The molecule has 0 aromatic heterocycles. The second-order valence-electron chi connectivity index (χ2n) is 4.82. The number of hydrogen-bond donors (Lipinski definition) is 2. The van der Waals surface area contributed by atoms with Gasteiger partial charge in [-0.2, -0.15) is 0 Å². The van der Waals surface area contributed by atoms with Gasteiger partial charge < -0.3 is 14.9 Å². The van der Waals surface area contributed by atoms with E-state index in [-0.39, 0.29) is 0 Å². The average Bonchev–Trinajstić information content (AvgIpc) is 2.12. The summed E-state index contributed by atoms with van der Waals surface area (Å²) in [6.07, 6.45) is -0.820. The highest BCUT2D eigenvalue weighted by atomic mass is 16.6. The highest BCUT2D eigenvalue weighted by Gasteiger charge is 2.35. The zero-order chi connectivity index (χ0) is 11.4. The summed E-state index contributed by atoms with van der Waals surface area (Å²) in [4.78, 5) is 0. The first-order valence-corrected chi connectivity index (χ1v) is 5.30. The molecule has 2 N–H and O–H groups in total. The van der Waals surface area contributed by atoms with Gasteiger partial charge in [-0.15, -0.1) is 0 Å². The molecule has 0 bridgehead atoms. The van der Waals surface area contributed by atoms with Gasteiger partial charge in [-0.25, -0.2) is 0 Å². The standard InChI is InChI=1S/C11H24O3/c1-6-9(12)11(4,5)10(13)14-7-8(2)3/h8-10,12-13H,6-7H2,1-5H3. The molecule has 0 saturated heterocycles. The molecule has 0 fully saturated rings. The Kier molecular flexibility index (Phi) is 5.64. The minimum Gasteiger partial charge on any atom is -0.392 e. The Bertz CT molecular complexity index is 155. The van der Waals surface area contributed by atoms with Crippen LogP contribution in [0.1, 0.15) is 41.0 Å². The van der Waals surface area contributed by atoms with Crippen LogP contribution < -0.4 is 0 Å². The number of hydrogen-bond acceptors (Lipinski definition) is 3. The van der Waals surface area contributed by atoms with Gasteiger partial charge in [0, 0.05) is 5.41 Å². The van der Waals surface area contributed by atoms with E-state index in [4.69, 9.17) is 4.74 Å². The zero-order valence-corrected chi connectivity index (χ0v) is 9.95. The molecule has 2 unspecified atom stereocenters. The van der Waals surface area contributed by atoms with Crippen LogP contribution >= 0.6 is 0 Å². The van der Waals surface area contributed by atoms with Gasteiger partial charge in [0.2, 0.25) is 0 Å². The fourth-order valence-electron chi connectivity index (χ4n) is 1.19. The molecular weight excluding hydrogens is 180 g/mol. The van der Waals surface area contributed by atoms with Crippen molar-refractivity contribution in [2.45, 2.75) is 53.4 Å². The zero-order valence-electron chi connectivity index (χ0n) is 9.95. The van der Waals surface area contributed by atoms with Crippen LogP contribution in [0.3, 0.4) is 0 Å². The van der Waals surface area contributed by atoms with Gasteiger partial charge in [0.1, 0.15) is 0 Å². The first-order valence-electron chi connectivity index (χ1n) is 5.30. The summed E-state index contributed by atoms with van der Waals surface area (Å²) in [5, 5.41) is 19.4.